The molecule has 0 spiro atoms. The van der Waals surface area contributed by atoms with Crippen molar-refractivity contribution in [1.29, 1.82) is 0 Å². The second kappa shape index (κ2) is 7.94. The van der Waals surface area contributed by atoms with E-state index in [-0.39, 0.29) is 17.0 Å². The maximum absolute atomic E-state index is 14.5. The standard InChI is InChI=1S/C19H16BrF5O/c20-13-4-1-10(2-5-13)12-8-15(22)18(16(23)9-12)11-3-6-17(14(21)7-11)26-19(24)25/h3,6-10,13,19H,1-2,4-5H2. The monoisotopic (exact) mass is 434 g/mol. The van der Waals surface area contributed by atoms with Gasteiger partial charge in [0.2, 0.25) is 0 Å². The normalized spacial score (nSPS) is 20.4. The fourth-order valence-electron chi connectivity index (χ4n) is 3.34. The summed E-state index contributed by atoms with van der Waals surface area (Å²) >= 11 is 3.55. The van der Waals surface area contributed by atoms with Crippen molar-refractivity contribution in [1.82, 2.24) is 0 Å². The Morgan fingerprint density at radius 3 is 2.04 bits per heavy atom. The quantitative estimate of drug-likeness (QED) is 0.380. The molecule has 0 aromatic heterocycles. The zero-order valence-corrected chi connectivity index (χ0v) is 15.2. The number of alkyl halides is 3. The fourth-order valence-corrected chi connectivity index (χ4v) is 3.87. The van der Waals surface area contributed by atoms with Crippen molar-refractivity contribution >= 4 is 15.9 Å². The molecule has 0 aliphatic heterocycles. The number of ether oxygens (including phenoxy) is 1. The number of hydrogen-bond donors (Lipinski definition) is 0. The third kappa shape index (κ3) is 4.19. The van der Waals surface area contributed by atoms with Crippen molar-refractivity contribution in [2.24, 2.45) is 0 Å². The highest BCUT2D eigenvalue weighted by Crippen LogP contribution is 2.38. The van der Waals surface area contributed by atoms with Crippen LogP contribution in [0.1, 0.15) is 37.2 Å². The first-order valence-electron chi connectivity index (χ1n) is 8.23. The van der Waals surface area contributed by atoms with Crippen LogP contribution in [0, 0.1) is 17.5 Å². The average Bonchev–Trinajstić information content (AvgIpc) is 2.57. The molecule has 0 bridgehead atoms. The van der Waals surface area contributed by atoms with E-state index in [1.54, 1.807) is 0 Å². The van der Waals surface area contributed by atoms with Crippen LogP contribution >= 0.6 is 15.9 Å². The largest absolute Gasteiger partial charge is 0.432 e. The Bertz CT molecular complexity index is 764. The third-order valence-electron chi connectivity index (χ3n) is 4.63. The van der Waals surface area contributed by atoms with Crippen LogP contribution in [0.4, 0.5) is 22.0 Å². The minimum absolute atomic E-state index is 0.0742. The summed E-state index contributed by atoms with van der Waals surface area (Å²) in [5, 5.41) is 0. The lowest BCUT2D eigenvalue weighted by molar-refractivity contribution is -0.0521. The average molecular weight is 435 g/mol. The van der Waals surface area contributed by atoms with E-state index in [2.05, 4.69) is 20.7 Å². The number of hydrogen-bond acceptors (Lipinski definition) is 1. The molecule has 26 heavy (non-hydrogen) atoms. The molecule has 0 atom stereocenters. The lowest BCUT2D eigenvalue weighted by atomic mass is 9.83. The Morgan fingerprint density at radius 2 is 1.50 bits per heavy atom. The smallest absolute Gasteiger partial charge is 0.387 e. The van der Waals surface area contributed by atoms with Gasteiger partial charge in [-0.05, 0) is 67.0 Å². The lowest BCUT2D eigenvalue weighted by Crippen LogP contribution is -2.13. The van der Waals surface area contributed by atoms with E-state index in [1.165, 1.54) is 12.1 Å². The van der Waals surface area contributed by atoms with Crippen LogP contribution in [0.2, 0.25) is 0 Å². The van der Waals surface area contributed by atoms with E-state index in [0.29, 0.717) is 10.4 Å². The van der Waals surface area contributed by atoms with Crippen molar-refractivity contribution in [3.05, 3.63) is 53.3 Å². The van der Waals surface area contributed by atoms with Crippen LogP contribution in [0.25, 0.3) is 11.1 Å². The molecule has 140 valence electrons. The van der Waals surface area contributed by atoms with Crippen LogP contribution in [0.15, 0.2) is 30.3 Å². The highest BCUT2D eigenvalue weighted by Gasteiger charge is 2.24. The molecule has 1 saturated carbocycles. The predicted octanol–water partition coefficient (Wildman–Crippen LogP) is 6.79. The van der Waals surface area contributed by atoms with Gasteiger partial charge in [0.05, 0.1) is 5.56 Å². The van der Waals surface area contributed by atoms with Gasteiger partial charge in [-0.3, -0.25) is 0 Å². The molecule has 0 N–H and O–H groups in total. The topological polar surface area (TPSA) is 9.23 Å². The molecule has 1 nitrogen and oxygen atoms in total. The summed E-state index contributed by atoms with van der Waals surface area (Å²) < 4.78 is 71.3. The minimum atomic E-state index is -3.18. The van der Waals surface area contributed by atoms with Gasteiger partial charge in [-0.25, -0.2) is 13.2 Å². The van der Waals surface area contributed by atoms with Crippen LogP contribution in [-0.2, 0) is 0 Å². The van der Waals surface area contributed by atoms with Crippen molar-refractivity contribution < 1.29 is 26.7 Å². The number of benzene rings is 2. The highest BCUT2D eigenvalue weighted by atomic mass is 79.9. The Balaban J connectivity index is 1.90. The van der Waals surface area contributed by atoms with E-state index < -0.39 is 29.8 Å². The summed E-state index contributed by atoms with van der Waals surface area (Å²) in [7, 11) is 0. The van der Waals surface area contributed by atoms with E-state index in [9.17, 15) is 22.0 Å². The molecule has 2 aromatic rings. The molecule has 7 heteroatoms. The molecule has 0 heterocycles. The SMILES string of the molecule is Fc1cc(-c2c(F)cc(C3CCC(Br)CC3)cc2F)ccc1OC(F)F. The molecule has 2 aromatic carbocycles. The maximum atomic E-state index is 14.5. The second-order valence-corrected chi connectivity index (χ2v) is 7.63. The summed E-state index contributed by atoms with van der Waals surface area (Å²) in [4.78, 5) is 0.435. The highest BCUT2D eigenvalue weighted by molar-refractivity contribution is 9.09. The molecular weight excluding hydrogens is 419 g/mol. The summed E-state index contributed by atoms with van der Waals surface area (Å²) in [6.45, 7) is -3.18. The van der Waals surface area contributed by atoms with E-state index in [4.69, 9.17) is 0 Å². The summed E-state index contributed by atoms with van der Waals surface area (Å²) in [5.41, 5.74) is 0.126. The van der Waals surface area contributed by atoms with Gasteiger partial charge in [0, 0.05) is 4.83 Å². The first-order valence-corrected chi connectivity index (χ1v) is 9.14. The van der Waals surface area contributed by atoms with Crippen LogP contribution in [-0.4, -0.2) is 11.4 Å². The van der Waals surface area contributed by atoms with Crippen LogP contribution in [0.5, 0.6) is 5.75 Å². The minimum Gasteiger partial charge on any atom is -0.432 e. The Morgan fingerprint density at radius 1 is 0.885 bits per heavy atom. The van der Waals surface area contributed by atoms with Crippen molar-refractivity contribution in [3.8, 4) is 16.9 Å². The lowest BCUT2D eigenvalue weighted by Gasteiger charge is -2.26. The van der Waals surface area contributed by atoms with E-state index >= 15 is 0 Å². The zero-order valence-electron chi connectivity index (χ0n) is 13.6. The van der Waals surface area contributed by atoms with Gasteiger partial charge in [-0.15, -0.1) is 0 Å². The van der Waals surface area contributed by atoms with Gasteiger partial charge in [-0.2, -0.15) is 8.78 Å². The van der Waals surface area contributed by atoms with E-state index in [1.807, 2.05) is 0 Å². The maximum Gasteiger partial charge on any atom is 0.387 e. The van der Waals surface area contributed by atoms with Gasteiger partial charge >= 0.3 is 6.61 Å². The Kier molecular flexibility index (Phi) is 5.85. The second-order valence-electron chi connectivity index (χ2n) is 6.33. The van der Waals surface area contributed by atoms with Gasteiger partial charge in [0.15, 0.2) is 11.6 Å². The fraction of sp³-hybridized carbons (Fsp3) is 0.368. The molecule has 0 amide bonds. The molecule has 0 unspecified atom stereocenters. The molecule has 1 fully saturated rings. The summed E-state index contributed by atoms with van der Waals surface area (Å²) in [6, 6.07) is 5.42. The number of rotatable bonds is 4. The van der Waals surface area contributed by atoms with Crippen LogP contribution < -0.4 is 4.74 Å². The molecular formula is C19H16BrF5O. The van der Waals surface area contributed by atoms with Crippen molar-refractivity contribution in [2.45, 2.75) is 43.0 Å². The number of halogens is 6. The third-order valence-corrected chi connectivity index (χ3v) is 5.54. The van der Waals surface area contributed by atoms with Gasteiger partial charge in [0.25, 0.3) is 0 Å². The molecule has 1 aliphatic carbocycles. The predicted molar refractivity (Wildman–Crippen MR) is 92.3 cm³/mol. The van der Waals surface area contributed by atoms with Crippen molar-refractivity contribution in [2.75, 3.05) is 0 Å². The Labute approximate surface area is 156 Å². The van der Waals surface area contributed by atoms with E-state index in [0.717, 1.165) is 43.9 Å². The Hall–Kier alpha value is -1.63. The molecule has 0 radical (unpaired) electrons. The van der Waals surface area contributed by atoms with Gasteiger partial charge in [-0.1, -0.05) is 22.0 Å². The molecule has 0 saturated heterocycles. The van der Waals surface area contributed by atoms with Gasteiger partial charge < -0.3 is 4.74 Å². The molecule has 1 aliphatic rings. The van der Waals surface area contributed by atoms with Gasteiger partial charge in [0.1, 0.15) is 11.6 Å². The van der Waals surface area contributed by atoms with Crippen LogP contribution in [0.3, 0.4) is 0 Å². The summed E-state index contributed by atoms with van der Waals surface area (Å²) in [5.74, 6) is -3.31. The van der Waals surface area contributed by atoms with Crippen molar-refractivity contribution in [3.63, 3.8) is 0 Å². The first-order chi connectivity index (χ1) is 12.3. The zero-order chi connectivity index (χ0) is 18.8. The first kappa shape index (κ1) is 19.1. The summed E-state index contributed by atoms with van der Waals surface area (Å²) in [6.07, 6.45) is 3.55. The molecule has 3 rings (SSSR count).